The van der Waals surface area contributed by atoms with E-state index in [1.54, 1.807) is 48.5 Å². The highest BCUT2D eigenvalue weighted by atomic mass is 35.5. The molecular weight excluding hydrogens is 323 g/mol. The lowest BCUT2D eigenvalue weighted by Crippen LogP contribution is -1.95. The number of hydrogen-bond donors (Lipinski definition) is 0. The largest absolute Gasteiger partial charge is 0.210 e. The Balaban J connectivity index is 2.15. The Labute approximate surface area is 135 Å². The molecule has 8 heteroatoms. The van der Waals surface area contributed by atoms with Crippen molar-refractivity contribution in [3.8, 4) is 16.9 Å². The van der Waals surface area contributed by atoms with Crippen LogP contribution in [0.1, 0.15) is 0 Å². The Hall–Kier alpha value is -2.53. The molecule has 1 heterocycles. The van der Waals surface area contributed by atoms with E-state index in [4.69, 9.17) is 28.7 Å². The molecule has 3 rings (SSSR count). The van der Waals surface area contributed by atoms with Crippen LogP contribution in [0.25, 0.3) is 27.4 Å². The van der Waals surface area contributed by atoms with E-state index in [1.807, 2.05) is 0 Å². The van der Waals surface area contributed by atoms with Crippen LogP contribution in [0, 0.1) is 0 Å². The molecule has 0 aliphatic carbocycles. The summed E-state index contributed by atoms with van der Waals surface area (Å²) in [5, 5.41) is 13.1. The summed E-state index contributed by atoms with van der Waals surface area (Å²) in [7, 11) is 0. The van der Waals surface area contributed by atoms with Gasteiger partial charge in [-0.25, -0.2) is 4.68 Å². The zero-order valence-corrected chi connectivity index (χ0v) is 12.6. The first kappa shape index (κ1) is 14.4. The summed E-state index contributed by atoms with van der Waals surface area (Å²) in [5.74, 6) is 0.298. The maximum atomic E-state index is 8.82. The average molecular weight is 331 g/mol. The van der Waals surface area contributed by atoms with Crippen LogP contribution >= 0.6 is 23.2 Å². The Morgan fingerprint density at radius 3 is 2.14 bits per heavy atom. The number of hydrogen-bond acceptors (Lipinski definition) is 3. The summed E-state index contributed by atoms with van der Waals surface area (Å²) in [6.07, 6.45) is 0. The van der Waals surface area contributed by atoms with Gasteiger partial charge in [0.1, 0.15) is 5.69 Å². The molecular formula is C14H8Cl2N6. The van der Waals surface area contributed by atoms with Gasteiger partial charge in [0.05, 0.1) is 5.69 Å². The van der Waals surface area contributed by atoms with E-state index in [0.717, 1.165) is 5.56 Å². The zero-order valence-electron chi connectivity index (χ0n) is 11.1. The van der Waals surface area contributed by atoms with Crippen molar-refractivity contribution < 1.29 is 0 Å². The summed E-state index contributed by atoms with van der Waals surface area (Å²) in [6, 6.07) is 14.0. The third-order valence-electron chi connectivity index (χ3n) is 2.97. The first-order chi connectivity index (χ1) is 10.7. The molecule has 0 fully saturated rings. The maximum absolute atomic E-state index is 8.82. The van der Waals surface area contributed by atoms with Crippen molar-refractivity contribution in [3.63, 3.8) is 0 Å². The first-order valence-electron chi connectivity index (χ1n) is 6.22. The summed E-state index contributed by atoms with van der Waals surface area (Å²) in [5.41, 5.74) is 10.7. The van der Waals surface area contributed by atoms with Gasteiger partial charge in [0.15, 0.2) is 5.82 Å². The van der Waals surface area contributed by atoms with Gasteiger partial charge in [0.2, 0.25) is 0 Å². The molecule has 0 radical (unpaired) electrons. The lowest BCUT2D eigenvalue weighted by atomic mass is 10.1. The monoisotopic (exact) mass is 330 g/mol. The minimum atomic E-state index is 0.298. The number of rotatable bonds is 3. The van der Waals surface area contributed by atoms with Gasteiger partial charge in [-0.3, -0.25) is 0 Å². The van der Waals surface area contributed by atoms with Gasteiger partial charge < -0.3 is 0 Å². The van der Waals surface area contributed by atoms with Crippen molar-refractivity contribution in [2.75, 3.05) is 0 Å². The highest BCUT2D eigenvalue weighted by Crippen LogP contribution is 2.31. The van der Waals surface area contributed by atoms with Crippen molar-refractivity contribution >= 4 is 29.0 Å². The molecule has 0 saturated carbocycles. The van der Waals surface area contributed by atoms with E-state index in [0.29, 0.717) is 27.2 Å². The van der Waals surface area contributed by atoms with Crippen molar-refractivity contribution in [1.82, 2.24) is 15.0 Å². The van der Waals surface area contributed by atoms with Crippen LogP contribution in [-0.4, -0.2) is 15.0 Å². The fourth-order valence-electron chi connectivity index (χ4n) is 1.96. The lowest BCUT2D eigenvalue weighted by Gasteiger charge is -2.03. The molecule has 0 spiro atoms. The third kappa shape index (κ3) is 2.76. The molecule has 0 bridgehead atoms. The number of aromatic nitrogens is 3. The van der Waals surface area contributed by atoms with Gasteiger partial charge in [-0.15, -0.1) is 5.10 Å². The van der Waals surface area contributed by atoms with Gasteiger partial charge in [0, 0.05) is 20.5 Å². The summed E-state index contributed by atoms with van der Waals surface area (Å²) >= 11 is 11.8. The van der Waals surface area contributed by atoms with Crippen LogP contribution in [0.5, 0.6) is 0 Å². The summed E-state index contributed by atoms with van der Waals surface area (Å²) in [4.78, 5) is 2.86. The Morgan fingerprint density at radius 2 is 1.55 bits per heavy atom. The molecule has 0 aliphatic heterocycles. The van der Waals surface area contributed by atoms with E-state index >= 15 is 0 Å². The quantitative estimate of drug-likeness (QED) is 0.376. The fourth-order valence-corrected chi connectivity index (χ4v) is 2.21. The van der Waals surface area contributed by atoms with Gasteiger partial charge in [-0.1, -0.05) is 40.5 Å². The number of benzene rings is 2. The van der Waals surface area contributed by atoms with Gasteiger partial charge in [0.25, 0.3) is 0 Å². The molecule has 0 atom stereocenters. The van der Waals surface area contributed by atoms with E-state index in [2.05, 4.69) is 20.3 Å². The average Bonchev–Trinajstić information content (AvgIpc) is 2.93. The van der Waals surface area contributed by atoms with Crippen LogP contribution in [0.3, 0.4) is 0 Å². The zero-order chi connectivity index (χ0) is 15.5. The Bertz CT molecular complexity index is 785. The SMILES string of the molecule is [N-]=[N+]=Nc1c(-c2ccc(Cl)cc2)nnn1-c1ccc(Cl)cc1. The molecule has 6 nitrogen and oxygen atoms in total. The van der Waals surface area contributed by atoms with Crippen LogP contribution < -0.4 is 0 Å². The van der Waals surface area contributed by atoms with E-state index < -0.39 is 0 Å². The van der Waals surface area contributed by atoms with Gasteiger partial charge in [-0.2, -0.15) is 0 Å². The minimum Gasteiger partial charge on any atom is -0.210 e. The highest BCUT2D eigenvalue weighted by molar-refractivity contribution is 6.30. The van der Waals surface area contributed by atoms with Gasteiger partial charge >= 0.3 is 0 Å². The smallest absolute Gasteiger partial charge is 0.158 e. The second-order valence-electron chi connectivity index (χ2n) is 4.35. The second kappa shape index (κ2) is 6.07. The predicted molar refractivity (Wildman–Crippen MR) is 85.6 cm³/mol. The number of azide groups is 1. The minimum absolute atomic E-state index is 0.298. The molecule has 0 N–H and O–H groups in total. The predicted octanol–water partition coefficient (Wildman–Crippen LogP) is 5.18. The molecule has 0 unspecified atom stereocenters. The van der Waals surface area contributed by atoms with Crippen LogP contribution in [0.15, 0.2) is 53.6 Å². The highest BCUT2D eigenvalue weighted by Gasteiger charge is 2.14. The number of halogens is 2. The van der Waals surface area contributed by atoms with Crippen molar-refractivity contribution in [2.45, 2.75) is 0 Å². The van der Waals surface area contributed by atoms with Gasteiger partial charge in [-0.05, 0) is 47.0 Å². The van der Waals surface area contributed by atoms with Crippen LogP contribution in [0.2, 0.25) is 10.0 Å². The molecule has 1 aromatic heterocycles. The van der Waals surface area contributed by atoms with Crippen molar-refractivity contribution in [2.24, 2.45) is 5.11 Å². The summed E-state index contributed by atoms with van der Waals surface area (Å²) < 4.78 is 1.46. The first-order valence-corrected chi connectivity index (χ1v) is 6.97. The van der Waals surface area contributed by atoms with Crippen LogP contribution in [-0.2, 0) is 0 Å². The Kier molecular flexibility index (Phi) is 3.98. The molecule has 2 aromatic carbocycles. The van der Waals surface area contributed by atoms with E-state index in [1.165, 1.54) is 4.68 Å². The molecule has 0 saturated heterocycles. The van der Waals surface area contributed by atoms with Crippen molar-refractivity contribution in [1.29, 1.82) is 0 Å². The third-order valence-corrected chi connectivity index (χ3v) is 3.48. The lowest BCUT2D eigenvalue weighted by molar-refractivity contribution is 0.804. The molecule has 3 aromatic rings. The van der Waals surface area contributed by atoms with Crippen LogP contribution in [0.4, 0.5) is 5.82 Å². The molecule has 22 heavy (non-hydrogen) atoms. The molecule has 0 aliphatic rings. The fraction of sp³-hybridized carbons (Fsp3) is 0. The molecule has 108 valence electrons. The molecule has 0 amide bonds. The maximum Gasteiger partial charge on any atom is 0.158 e. The van der Waals surface area contributed by atoms with E-state index in [-0.39, 0.29) is 0 Å². The number of nitrogens with zero attached hydrogens (tertiary/aromatic N) is 6. The second-order valence-corrected chi connectivity index (χ2v) is 5.22. The Morgan fingerprint density at radius 1 is 0.955 bits per heavy atom. The standard InChI is InChI=1S/C14H8Cl2N6/c15-10-3-1-9(2-4-10)13-14(19-20-17)22(21-18-13)12-7-5-11(16)6-8-12/h1-8H. The normalized spacial score (nSPS) is 10.3. The van der Waals surface area contributed by atoms with E-state index in [9.17, 15) is 0 Å². The topological polar surface area (TPSA) is 79.5 Å². The summed E-state index contributed by atoms with van der Waals surface area (Å²) in [6.45, 7) is 0. The van der Waals surface area contributed by atoms with Crippen molar-refractivity contribution in [3.05, 3.63) is 69.0 Å².